The fraction of sp³-hybridized carbons (Fsp3) is 0.308. The van der Waals surface area contributed by atoms with Gasteiger partial charge in [-0.3, -0.25) is 4.79 Å². The van der Waals surface area contributed by atoms with Crippen LogP contribution in [0, 0.1) is 6.92 Å². The lowest BCUT2D eigenvalue weighted by molar-refractivity contribution is -0.118. The number of nitrogens with zero attached hydrogens (tertiary/aromatic N) is 2. The first-order valence-electron chi connectivity index (χ1n) is 6.00. The van der Waals surface area contributed by atoms with Gasteiger partial charge in [-0.25, -0.2) is 4.63 Å². The Kier molecular flexibility index (Phi) is 4.12. The maximum Gasteiger partial charge on any atom is 0.263 e. The molecule has 0 fully saturated rings. The average molecular weight is 261 g/mol. The Labute approximate surface area is 110 Å². The van der Waals surface area contributed by atoms with E-state index in [4.69, 9.17) is 4.74 Å². The van der Waals surface area contributed by atoms with Crippen LogP contribution >= 0.6 is 0 Å². The number of aromatic nitrogens is 2. The smallest absolute Gasteiger partial charge is 0.263 e. The van der Waals surface area contributed by atoms with Crippen molar-refractivity contribution in [3.63, 3.8) is 0 Å². The van der Waals surface area contributed by atoms with Crippen LogP contribution in [0.3, 0.4) is 0 Å². The molecule has 0 aliphatic heterocycles. The number of rotatable bonds is 5. The minimum atomic E-state index is -0.298. The third kappa shape index (κ3) is 3.31. The molecule has 0 unspecified atom stereocenters. The van der Waals surface area contributed by atoms with Gasteiger partial charge < -0.3 is 10.1 Å². The Balaban J connectivity index is 1.90. The lowest BCUT2D eigenvalue weighted by Gasteiger charge is -2.08. The molecular formula is C13H15N3O3. The molecule has 1 amide bonds. The molecule has 2 aromatic rings. The molecule has 0 saturated carbocycles. The van der Waals surface area contributed by atoms with Gasteiger partial charge in [0.1, 0.15) is 11.4 Å². The monoisotopic (exact) mass is 261 g/mol. The third-order valence-corrected chi connectivity index (χ3v) is 2.60. The SMILES string of the molecule is CCc1nonc1NC(=O)COc1ccccc1C. The highest BCUT2D eigenvalue weighted by Gasteiger charge is 2.12. The van der Waals surface area contributed by atoms with Crippen molar-refractivity contribution >= 4 is 11.7 Å². The second-order valence-electron chi connectivity index (χ2n) is 4.02. The normalized spacial score (nSPS) is 10.2. The van der Waals surface area contributed by atoms with Crippen LogP contribution in [0.1, 0.15) is 18.2 Å². The topological polar surface area (TPSA) is 77.3 Å². The molecule has 1 heterocycles. The van der Waals surface area contributed by atoms with Gasteiger partial charge in [-0.15, -0.1) is 0 Å². The summed E-state index contributed by atoms with van der Waals surface area (Å²) in [6, 6.07) is 7.51. The zero-order valence-corrected chi connectivity index (χ0v) is 10.8. The summed E-state index contributed by atoms with van der Waals surface area (Å²) in [5, 5.41) is 9.90. The number of benzene rings is 1. The van der Waals surface area contributed by atoms with Crippen LogP contribution in [0.4, 0.5) is 5.82 Å². The van der Waals surface area contributed by atoms with Gasteiger partial charge in [0.2, 0.25) is 5.82 Å². The number of ether oxygens (including phenoxy) is 1. The van der Waals surface area contributed by atoms with Crippen molar-refractivity contribution in [2.24, 2.45) is 0 Å². The predicted octanol–water partition coefficient (Wildman–Crippen LogP) is 1.96. The van der Waals surface area contributed by atoms with Crippen LogP contribution in [0.15, 0.2) is 28.9 Å². The van der Waals surface area contributed by atoms with Gasteiger partial charge in [-0.2, -0.15) is 0 Å². The largest absolute Gasteiger partial charge is 0.483 e. The summed E-state index contributed by atoms with van der Waals surface area (Å²) in [4.78, 5) is 11.7. The molecule has 6 nitrogen and oxygen atoms in total. The van der Waals surface area contributed by atoms with Gasteiger partial charge in [0.15, 0.2) is 6.61 Å². The standard InChI is InChI=1S/C13H15N3O3/c1-3-10-13(16-19-15-10)14-12(17)8-18-11-7-5-4-6-9(11)2/h4-7H,3,8H2,1-2H3,(H,14,16,17). The van der Waals surface area contributed by atoms with Crippen molar-refractivity contribution < 1.29 is 14.2 Å². The molecule has 0 spiro atoms. The fourth-order valence-corrected chi connectivity index (χ4v) is 1.56. The summed E-state index contributed by atoms with van der Waals surface area (Å²) in [6.45, 7) is 3.74. The Bertz CT molecular complexity index is 566. The number of nitrogens with one attached hydrogen (secondary N) is 1. The number of anilines is 1. The van der Waals surface area contributed by atoms with Crippen molar-refractivity contribution in [1.82, 2.24) is 10.3 Å². The van der Waals surface area contributed by atoms with Gasteiger partial charge in [0.05, 0.1) is 0 Å². The number of carbonyl (C=O) groups is 1. The summed E-state index contributed by atoms with van der Waals surface area (Å²) in [7, 11) is 0. The molecule has 1 aromatic heterocycles. The van der Waals surface area contributed by atoms with Crippen LogP contribution in [0.2, 0.25) is 0 Å². The molecule has 0 aliphatic carbocycles. The summed E-state index contributed by atoms with van der Waals surface area (Å²) in [5.74, 6) is 0.737. The first-order valence-corrected chi connectivity index (χ1v) is 6.00. The highest BCUT2D eigenvalue weighted by atomic mass is 16.6. The van der Waals surface area contributed by atoms with E-state index in [0.29, 0.717) is 23.7 Å². The van der Waals surface area contributed by atoms with Gasteiger partial charge >= 0.3 is 0 Å². The van der Waals surface area contributed by atoms with E-state index < -0.39 is 0 Å². The number of carbonyl (C=O) groups excluding carboxylic acids is 1. The fourth-order valence-electron chi connectivity index (χ4n) is 1.56. The van der Waals surface area contributed by atoms with E-state index in [0.717, 1.165) is 5.56 Å². The second-order valence-corrected chi connectivity index (χ2v) is 4.02. The van der Waals surface area contributed by atoms with Crippen molar-refractivity contribution in [3.05, 3.63) is 35.5 Å². The Morgan fingerprint density at radius 2 is 2.16 bits per heavy atom. The highest BCUT2D eigenvalue weighted by molar-refractivity contribution is 5.91. The Morgan fingerprint density at radius 1 is 1.37 bits per heavy atom. The quantitative estimate of drug-likeness (QED) is 0.890. The van der Waals surface area contributed by atoms with Gasteiger partial charge in [0.25, 0.3) is 5.91 Å². The molecule has 0 radical (unpaired) electrons. The van der Waals surface area contributed by atoms with Crippen molar-refractivity contribution in [2.45, 2.75) is 20.3 Å². The molecular weight excluding hydrogens is 246 g/mol. The van der Waals surface area contributed by atoms with E-state index in [1.165, 1.54) is 0 Å². The molecule has 0 bridgehead atoms. The lowest BCUT2D eigenvalue weighted by atomic mass is 10.2. The van der Waals surface area contributed by atoms with Crippen molar-refractivity contribution in [2.75, 3.05) is 11.9 Å². The summed E-state index contributed by atoms with van der Waals surface area (Å²) in [6.07, 6.45) is 0.637. The molecule has 0 saturated heterocycles. The number of hydrogen-bond donors (Lipinski definition) is 1. The third-order valence-electron chi connectivity index (χ3n) is 2.60. The van der Waals surface area contributed by atoms with Gasteiger partial charge in [-0.05, 0) is 30.1 Å². The van der Waals surface area contributed by atoms with E-state index in [-0.39, 0.29) is 12.5 Å². The van der Waals surface area contributed by atoms with Crippen molar-refractivity contribution in [3.8, 4) is 5.75 Å². The first kappa shape index (κ1) is 13.1. The molecule has 1 aromatic carbocycles. The summed E-state index contributed by atoms with van der Waals surface area (Å²) in [5.41, 5.74) is 1.59. The summed E-state index contributed by atoms with van der Waals surface area (Å²) < 4.78 is 9.99. The van der Waals surface area contributed by atoms with E-state index in [2.05, 4.69) is 20.3 Å². The van der Waals surface area contributed by atoms with Crippen LogP contribution < -0.4 is 10.1 Å². The number of amides is 1. The van der Waals surface area contributed by atoms with E-state index in [1.807, 2.05) is 38.1 Å². The first-order chi connectivity index (χ1) is 9.20. The average Bonchev–Trinajstić information content (AvgIpc) is 2.85. The zero-order chi connectivity index (χ0) is 13.7. The van der Waals surface area contributed by atoms with Crippen molar-refractivity contribution in [1.29, 1.82) is 0 Å². The predicted molar refractivity (Wildman–Crippen MR) is 69.0 cm³/mol. The van der Waals surface area contributed by atoms with Crippen LogP contribution in [0.25, 0.3) is 0 Å². The highest BCUT2D eigenvalue weighted by Crippen LogP contribution is 2.16. The number of para-hydroxylation sites is 1. The Hall–Kier alpha value is -2.37. The molecule has 6 heteroatoms. The molecule has 2 rings (SSSR count). The zero-order valence-electron chi connectivity index (χ0n) is 10.8. The molecule has 1 N–H and O–H groups in total. The maximum absolute atomic E-state index is 11.7. The molecule has 100 valence electrons. The molecule has 0 aliphatic rings. The van der Waals surface area contributed by atoms with E-state index in [1.54, 1.807) is 0 Å². The van der Waals surface area contributed by atoms with E-state index in [9.17, 15) is 4.79 Å². The van der Waals surface area contributed by atoms with Crippen LogP contribution in [-0.2, 0) is 11.2 Å². The maximum atomic E-state index is 11.7. The number of hydrogen-bond acceptors (Lipinski definition) is 5. The lowest BCUT2D eigenvalue weighted by Crippen LogP contribution is -2.21. The molecule has 0 atom stereocenters. The summed E-state index contributed by atoms with van der Waals surface area (Å²) >= 11 is 0. The van der Waals surface area contributed by atoms with Crippen LogP contribution in [-0.4, -0.2) is 22.8 Å². The van der Waals surface area contributed by atoms with E-state index >= 15 is 0 Å². The second kappa shape index (κ2) is 5.99. The number of aryl methyl sites for hydroxylation is 2. The molecule has 19 heavy (non-hydrogen) atoms. The minimum absolute atomic E-state index is 0.0825. The van der Waals surface area contributed by atoms with Gasteiger partial charge in [0, 0.05) is 0 Å². The minimum Gasteiger partial charge on any atom is -0.483 e. The van der Waals surface area contributed by atoms with Gasteiger partial charge in [-0.1, -0.05) is 30.3 Å². The van der Waals surface area contributed by atoms with Crippen LogP contribution in [0.5, 0.6) is 5.75 Å². The Morgan fingerprint density at radius 3 is 2.89 bits per heavy atom.